The van der Waals surface area contributed by atoms with Crippen LogP contribution in [0.3, 0.4) is 0 Å². The van der Waals surface area contributed by atoms with Gasteiger partial charge in [-0.1, -0.05) is 38.1 Å². The number of aromatic nitrogens is 2. The molecule has 1 saturated heterocycles. The van der Waals surface area contributed by atoms with Crippen LogP contribution in [0, 0.1) is 0 Å². The Kier molecular flexibility index (Phi) is 5.03. The van der Waals surface area contributed by atoms with Gasteiger partial charge < -0.3 is 14.2 Å². The van der Waals surface area contributed by atoms with Crippen LogP contribution in [0.5, 0.6) is 5.75 Å². The molecule has 1 aliphatic rings. The number of nitrogens with zero attached hydrogens (tertiary/aromatic N) is 3. The first-order valence-electron chi connectivity index (χ1n) is 9.10. The molecule has 0 radical (unpaired) electrons. The van der Waals surface area contributed by atoms with Gasteiger partial charge in [0.05, 0.1) is 12.0 Å². The quantitative estimate of drug-likeness (QED) is 0.817. The predicted molar refractivity (Wildman–Crippen MR) is 98.0 cm³/mol. The van der Waals surface area contributed by atoms with Crippen LogP contribution in [0.15, 0.2) is 28.8 Å². The highest BCUT2D eigenvalue weighted by molar-refractivity contribution is 5.79. The first-order valence-corrected chi connectivity index (χ1v) is 9.10. The lowest BCUT2D eigenvalue weighted by Crippen LogP contribution is -2.24. The van der Waals surface area contributed by atoms with Crippen LogP contribution in [-0.2, 0) is 16.8 Å². The van der Waals surface area contributed by atoms with Crippen molar-refractivity contribution in [1.29, 1.82) is 0 Å². The number of rotatable bonds is 5. The van der Waals surface area contributed by atoms with Gasteiger partial charge in [-0.2, -0.15) is 4.98 Å². The summed E-state index contributed by atoms with van der Waals surface area (Å²) in [4.78, 5) is 18.7. The maximum absolute atomic E-state index is 12.4. The zero-order valence-corrected chi connectivity index (χ0v) is 16.2. The van der Waals surface area contributed by atoms with Gasteiger partial charge in [0.2, 0.25) is 11.8 Å². The topological polar surface area (TPSA) is 68.5 Å². The lowest BCUT2D eigenvalue weighted by molar-refractivity contribution is -0.128. The van der Waals surface area contributed by atoms with E-state index in [4.69, 9.17) is 9.26 Å². The third kappa shape index (κ3) is 4.23. The summed E-state index contributed by atoms with van der Waals surface area (Å²) in [5, 5.41) is 4.07. The van der Waals surface area contributed by atoms with E-state index in [0.29, 0.717) is 31.2 Å². The van der Waals surface area contributed by atoms with E-state index in [1.165, 1.54) is 0 Å². The molecule has 2 aromatic rings. The number of ether oxygens (including phenoxy) is 1. The van der Waals surface area contributed by atoms with Crippen LogP contribution in [-0.4, -0.2) is 33.6 Å². The molecular formula is C20H27N3O3. The zero-order chi connectivity index (χ0) is 18.9. The summed E-state index contributed by atoms with van der Waals surface area (Å²) in [6.07, 6.45) is 0.564. The predicted octanol–water partition coefficient (Wildman–Crippen LogP) is 3.67. The fourth-order valence-electron chi connectivity index (χ4n) is 2.96. The molecule has 0 spiro atoms. The first kappa shape index (κ1) is 18.4. The molecule has 2 heterocycles. The minimum Gasteiger partial charge on any atom is -0.491 e. The Hall–Kier alpha value is -2.37. The molecule has 1 amide bonds. The Labute approximate surface area is 154 Å². The van der Waals surface area contributed by atoms with Crippen molar-refractivity contribution in [2.24, 2.45) is 0 Å². The summed E-state index contributed by atoms with van der Waals surface area (Å²) in [7, 11) is 0. The molecular weight excluding hydrogens is 330 g/mol. The van der Waals surface area contributed by atoms with E-state index < -0.39 is 0 Å². The van der Waals surface area contributed by atoms with Crippen molar-refractivity contribution >= 4 is 5.91 Å². The van der Waals surface area contributed by atoms with Crippen molar-refractivity contribution in [1.82, 2.24) is 15.0 Å². The second-order valence-electron chi connectivity index (χ2n) is 8.19. The molecule has 140 valence electrons. The number of carbonyl (C=O) groups excluding carboxylic acids is 1. The van der Waals surface area contributed by atoms with Gasteiger partial charge in [0, 0.05) is 24.9 Å². The van der Waals surface area contributed by atoms with E-state index in [9.17, 15) is 4.79 Å². The monoisotopic (exact) mass is 357 g/mol. The lowest BCUT2D eigenvalue weighted by Gasteiger charge is -2.17. The third-order valence-corrected chi connectivity index (χ3v) is 4.34. The Morgan fingerprint density at radius 1 is 1.27 bits per heavy atom. The molecule has 1 atom stereocenters. The summed E-state index contributed by atoms with van der Waals surface area (Å²) in [5.74, 6) is 2.17. The minimum atomic E-state index is -0.163. The van der Waals surface area contributed by atoms with Gasteiger partial charge in [-0.3, -0.25) is 4.79 Å². The van der Waals surface area contributed by atoms with Crippen LogP contribution < -0.4 is 4.74 Å². The van der Waals surface area contributed by atoms with E-state index in [0.717, 1.165) is 11.3 Å². The van der Waals surface area contributed by atoms with E-state index in [1.54, 1.807) is 0 Å². The van der Waals surface area contributed by atoms with Crippen LogP contribution >= 0.6 is 0 Å². The number of carbonyl (C=O) groups is 1. The molecule has 26 heavy (non-hydrogen) atoms. The van der Waals surface area contributed by atoms with Gasteiger partial charge in [-0.25, -0.2) is 0 Å². The Morgan fingerprint density at radius 2 is 1.96 bits per heavy atom. The molecule has 6 heteroatoms. The fourth-order valence-corrected chi connectivity index (χ4v) is 2.96. The number of benzene rings is 1. The Morgan fingerprint density at radius 3 is 2.54 bits per heavy atom. The second kappa shape index (κ2) is 7.09. The second-order valence-corrected chi connectivity index (χ2v) is 8.19. The molecule has 0 N–H and O–H groups in total. The molecule has 6 nitrogen and oxygen atoms in total. The number of likely N-dealkylation sites (tertiary alicyclic amines) is 1. The SMILES string of the molecule is CC(C)Oc1ccc(CN2CC(c3nc(C(C)(C)C)no3)CC2=O)cc1. The summed E-state index contributed by atoms with van der Waals surface area (Å²) >= 11 is 0. The summed E-state index contributed by atoms with van der Waals surface area (Å²) in [6.45, 7) is 11.3. The third-order valence-electron chi connectivity index (χ3n) is 4.34. The van der Waals surface area contributed by atoms with E-state index >= 15 is 0 Å². The molecule has 0 bridgehead atoms. The highest BCUT2D eigenvalue weighted by Crippen LogP contribution is 2.30. The molecule has 3 rings (SSSR count). The average Bonchev–Trinajstić information content (AvgIpc) is 3.16. The maximum atomic E-state index is 12.4. The van der Waals surface area contributed by atoms with Crippen LogP contribution in [0.2, 0.25) is 0 Å². The van der Waals surface area contributed by atoms with Crippen molar-refractivity contribution in [2.45, 2.75) is 65.0 Å². The lowest BCUT2D eigenvalue weighted by atomic mass is 9.96. The largest absolute Gasteiger partial charge is 0.491 e. The summed E-state index contributed by atoms with van der Waals surface area (Å²) in [6, 6.07) is 7.90. The fraction of sp³-hybridized carbons (Fsp3) is 0.550. The van der Waals surface area contributed by atoms with Gasteiger partial charge in [0.25, 0.3) is 0 Å². The maximum Gasteiger partial charge on any atom is 0.232 e. The summed E-state index contributed by atoms with van der Waals surface area (Å²) in [5.41, 5.74) is 0.917. The zero-order valence-electron chi connectivity index (χ0n) is 16.2. The molecule has 1 aliphatic heterocycles. The number of amides is 1. The summed E-state index contributed by atoms with van der Waals surface area (Å²) < 4.78 is 11.1. The standard InChI is InChI=1S/C20H27N3O3/c1-13(2)25-16-8-6-14(7-9-16)11-23-12-15(10-17(23)24)18-21-19(22-26-18)20(3,4)5/h6-9,13,15H,10-12H2,1-5H3. The molecule has 1 fully saturated rings. The van der Waals surface area contributed by atoms with Crippen LogP contribution in [0.25, 0.3) is 0 Å². The van der Waals surface area contributed by atoms with E-state index in [-0.39, 0.29) is 23.3 Å². The van der Waals surface area contributed by atoms with Gasteiger partial charge >= 0.3 is 0 Å². The number of hydrogen-bond acceptors (Lipinski definition) is 5. The van der Waals surface area contributed by atoms with Crippen molar-refractivity contribution in [3.05, 3.63) is 41.5 Å². The molecule has 1 unspecified atom stereocenters. The molecule has 0 aliphatic carbocycles. The number of hydrogen-bond donors (Lipinski definition) is 0. The van der Waals surface area contributed by atoms with Crippen LogP contribution in [0.4, 0.5) is 0 Å². The molecule has 1 aromatic carbocycles. The van der Waals surface area contributed by atoms with E-state index in [2.05, 4.69) is 10.1 Å². The van der Waals surface area contributed by atoms with Gasteiger partial charge in [0.1, 0.15) is 5.75 Å². The highest BCUT2D eigenvalue weighted by atomic mass is 16.5. The molecule has 0 saturated carbocycles. The Balaban J connectivity index is 1.64. The van der Waals surface area contributed by atoms with Crippen LogP contribution in [0.1, 0.15) is 64.2 Å². The van der Waals surface area contributed by atoms with Crippen molar-refractivity contribution in [2.75, 3.05) is 6.54 Å². The average molecular weight is 357 g/mol. The minimum absolute atomic E-state index is 0.0327. The molecule has 1 aromatic heterocycles. The smallest absolute Gasteiger partial charge is 0.232 e. The van der Waals surface area contributed by atoms with E-state index in [1.807, 2.05) is 63.8 Å². The van der Waals surface area contributed by atoms with Crippen molar-refractivity contribution < 1.29 is 14.1 Å². The van der Waals surface area contributed by atoms with Gasteiger partial charge in [-0.05, 0) is 31.5 Å². The van der Waals surface area contributed by atoms with Gasteiger partial charge in [-0.15, -0.1) is 0 Å². The van der Waals surface area contributed by atoms with Crippen molar-refractivity contribution in [3.63, 3.8) is 0 Å². The highest BCUT2D eigenvalue weighted by Gasteiger charge is 2.35. The van der Waals surface area contributed by atoms with Gasteiger partial charge in [0.15, 0.2) is 5.82 Å². The van der Waals surface area contributed by atoms with Crippen molar-refractivity contribution in [3.8, 4) is 5.75 Å². The normalized spacial score (nSPS) is 18.0. The Bertz CT molecular complexity index is 759. The first-order chi connectivity index (χ1) is 12.2.